The van der Waals surface area contributed by atoms with Gasteiger partial charge in [-0.05, 0) is 44.7 Å². The van der Waals surface area contributed by atoms with Crippen LogP contribution in [0.1, 0.15) is 37.0 Å². The molecule has 0 fully saturated rings. The maximum atomic E-state index is 11.7. The number of carbonyl (C=O) groups excluding carboxylic acids is 1. The third kappa shape index (κ3) is 6.53. The van der Waals surface area contributed by atoms with Gasteiger partial charge in [0.15, 0.2) is 0 Å². The normalized spacial score (nSPS) is 14.2. The van der Waals surface area contributed by atoms with E-state index in [1.807, 2.05) is 39.0 Å². The van der Waals surface area contributed by atoms with Gasteiger partial charge in [0.2, 0.25) is 5.91 Å². The number of aliphatic hydroxyl groups is 1. The van der Waals surface area contributed by atoms with E-state index in [0.717, 1.165) is 5.56 Å². The summed E-state index contributed by atoms with van der Waals surface area (Å²) in [5.74, 6) is 0.176. The molecule has 3 nitrogen and oxygen atoms in total. The van der Waals surface area contributed by atoms with Gasteiger partial charge >= 0.3 is 0 Å². The Morgan fingerprint density at radius 2 is 1.85 bits per heavy atom. The molecule has 0 spiro atoms. The predicted octanol–water partition coefficient (Wildman–Crippen LogP) is 2.84. The standard InChI is InChI=1S/C17H25NO2/c1-12-7-13(2)10-16(9-12)5-6-17(20)18-11-14(3)8-15(4)19/h5-7,9-10,14-15,19H,8,11H2,1-4H3,(H,18,20)/b6-5+. The summed E-state index contributed by atoms with van der Waals surface area (Å²) in [5, 5.41) is 12.1. The highest BCUT2D eigenvalue weighted by atomic mass is 16.3. The van der Waals surface area contributed by atoms with Crippen LogP contribution in [-0.4, -0.2) is 23.7 Å². The van der Waals surface area contributed by atoms with E-state index in [0.29, 0.717) is 13.0 Å². The van der Waals surface area contributed by atoms with E-state index < -0.39 is 0 Å². The van der Waals surface area contributed by atoms with Crippen molar-refractivity contribution in [3.05, 3.63) is 41.0 Å². The van der Waals surface area contributed by atoms with Crippen molar-refractivity contribution in [2.45, 2.75) is 40.2 Å². The zero-order chi connectivity index (χ0) is 15.1. The van der Waals surface area contributed by atoms with E-state index >= 15 is 0 Å². The lowest BCUT2D eigenvalue weighted by Crippen LogP contribution is -2.27. The Labute approximate surface area is 121 Å². The third-order valence-corrected chi connectivity index (χ3v) is 3.04. The molecule has 1 amide bonds. The summed E-state index contributed by atoms with van der Waals surface area (Å²) < 4.78 is 0. The monoisotopic (exact) mass is 275 g/mol. The fourth-order valence-corrected chi connectivity index (χ4v) is 2.28. The van der Waals surface area contributed by atoms with Gasteiger partial charge in [-0.3, -0.25) is 4.79 Å². The quantitative estimate of drug-likeness (QED) is 0.784. The molecule has 1 aromatic carbocycles. The second-order valence-corrected chi connectivity index (χ2v) is 5.69. The van der Waals surface area contributed by atoms with Crippen LogP contribution in [0.5, 0.6) is 0 Å². The van der Waals surface area contributed by atoms with E-state index in [9.17, 15) is 9.90 Å². The Morgan fingerprint density at radius 3 is 2.40 bits per heavy atom. The Hall–Kier alpha value is -1.61. The molecular weight excluding hydrogens is 250 g/mol. The Balaban J connectivity index is 2.47. The van der Waals surface area contributed by atoms with Gasteiger partial charge in [0.05, 0.1) is 6.10 Å². The molecule has 0 aromatic heterocycles. The van der Waals surface area contributed by atoms with Crippen LogP contribution in [0, 0.1) is 19.8 Å². The first-order valence-electron chi connectivity index (χ1n) is 7.09. The first-order valence-corrected chi connectivity index (χ1v) is 7.09. The summed E-state index contributed by atoms with van der Waals surface area (Å²) in [7, 11) is 0. The molecule has 0 aliphatic carbocycles. The van der Waals surface area contributed by atoms with E-state index in [1.165, 1.54) is 11.1 Å². The fraction of sp³-hybridized carbons (Fsp3) is 0.471. The molecule has 0 bridgehead atoms. The van der Waals surface area contributed by atoms with Gasteiger partial charge in [-0.2, -0.15) is 0 Å². The maximum absolute atomic E-state index is 11.7. The molecule has 20 heavy (non-hydrogen) atoms. The number of rotatable bonds is 6. The van der Waals surface area contributed by atoms with Gasteiger partial charge in [0.25, 0.3) is 0 Å². The summed E-state index contributed by atoms with van der Waals surface area (Å²) in [6, 6.07) is 6.20. The Morgan fingerprint density at radius 1 is 1.25 bits per heavy atom. The first kappa shape index (κ1) is 16.4. The van der Waals surface area contributed by atoms with Crippen LogP contribution in [0.3, 0.4) is 0 Å². The number of hydrogen-bond donors (Lipinski definition) is 2. The fourth-order valence-electron chi connectivity index (χ4n) is 2.28. The van der Waals surface area contributed by atoms with E-state index in [4.69, 9.17) is 0 Å². The molecule has 3 heteroatoms. The zero-order valence-electron chi connectivity index (χ0n) is 12.8. The van der Waals surface area contributed by atoms with Gasteiger partial charge in [0, 0.05) is 12.6 Å². The molecule has 0 aliphatic rings. The number of hydrogen-bond acceptors (Lipinski definition) is 2. The highest BCUT2D eigenvalue weighted by Gasteiger charge is 2.06. The molecule has 1 rings (SSSR count). The summed E-state index contributed by atoms with van der Waals surface area (Å²) in [4.78, 5) is 11.7. The molecule has 2 atom stereocenters. The van der Waals surface area contributed by atoms with Crippen molar-refractivity contribution in [2.24, 2.45) is 5.92 Å². The summed E-state index contributed by atoms with van der Waals surface area (Å²) in [6.45, 7) is 8.45. The van der Waals surface area contributed by atoms with Crippen LogP contribution in [0.15, 0.2) is 24.3 Å². The van der Waals surface area contributed by atoms with Crippen molar-refractivity contribution in [3.63, 3.8) is 0 Å². The van der Waals surface area contributed by atoms with Crippen LogP contribution >= 0.6 is 0 Å². The molecule has 0 saturated carbocycles. The van der Waals surface area contributed by atoms with Gasteiger partial charge in [0.1, 0.15) is 0 Å². The smallest absolute Gasteiger partial charge is 0.244 e. The largest absolute Gasteiger partial charge is 0.393 e. The van der Waals surface area contributed by atoms with Crippen LogP contribution in [0.2, 0.25) is 0 Å². The molecule has 0 saturated heterocycles. The van der Waals surface area contributed by atoms with Crippen molar-refractivity contribution < 1.29 is 9.90 Å². The average Bonchev–Trinajstić information content (AvgIpc) is 2.32. The van der Waals surface area contributed by atoms with Crippen molar-refractivity contribution in [3.8, 4) is 0 Å². The third-order valence-electron chi connectivity index (χ3n) is 3.04. The summed E-state index contributed by atoms with van der Waals surface area (Å²) >= 11 is 0. The maximum Gasteiger partial charge on any atom is 0.244 e. The first-order chi connectivity index (χ1) is 9.36. The zero-order valence-corrected chi connectivity index (χ0v) is 12.8. The lowest BCUT2D eigenvalue weighted by atomic mass is 10.0. The molecular formula is C17H25NO2. The van der Waals surface area contributed by atoms with Crippen LogP contribution in [-0.2, 0) is 4.79 Å². The Bertz CT molecular complexity index is 458. The van der Waals surface area contributed by atoms with Crippen LogP contribution in [0.25, 0.3) is 6.08 Å². The number of amides is 1. The van der Waals surface area contributed by atoms with Gasteiger partial charge in [-0.25, -0.2) is 0 Å². The Kier molecular flexibility index (Phi) is 6.46. The SMILES string of the molecule is Cc1cc(C)cc(/C=C/C(=O)NCC(C)CC(C)O)c1. The number of aliphatic hydroxyl groups excluding tert-OH is 1. The predicted molar refractivity (Wildman–Crippen MR) is 83.4 cm³/mol. The number of nitrogens with one attached hydrogen (secondary N) is 1. The van der Waals surface area contributed by atoms with Gasteiger partial charge in [-0.1, -0.05) is 36.2 Å². The highest BCUT2D eigenvalue weighted by Crippen LogP contribution is 2.10. The molecule has 110 valence electrons. The summed E-state index contributed by atoms with van der Waals surface area (Å²) in [6.07, 6.45) is 3.76. The molecule has 1 aromatic rings. The second kappa shape index (κ2) is 7.85. The van der Waals surface area contributed by atoms with E-state index in [2.05, 4.69) is 11.4 Å². The van der Waals surface area contributed by atoms with Crippen molar-refractivity contribution >= 4 is 12.0 Å². The van der Waals surface area contributed by atoms with Gasteiger partial charge in [-0.15, -0.1) is 0 Å². The van der Waals surface area contributed by atoms with Crippen molar-refractivity contribution in [2.75, 3.05) is 6.54 Å². The van der Waals surface area contributed by atoms with E-state index in [-0.39, 0.29) is 17.9 Å². The van der Waals surface area contributed by atoms with E-state index in [1.54, 1.807) is 13.0 Å². The topological polar surface area (TPSA) is 49.3 Å². The molecule has 2 unspecified atom stereocenters. The van der Waals surface area contributed by atoms with Crippen LogP contribution < -0.4 is 5.32 Å². The minimum absolute atomic E-state index is 0.0957. The van der Waals surface area contributed by atoms with Crippen molar-refractivity contribution in [1.82, 2.24) is 5.32 Å². The van der Waals surface area contributed by atoms with Crippen LogP contribution in [0.4, 0.5) is 0 Å². The second-order valence-electron chi connectivity index (χ2n) is 5.69. The molecule has 0 radical (unpaired) electrons. The molecule has 0 heterocycles. The minimum Gasteiger partial charge on any atom is -0.393 e. The molecule has 0 aliphatic heterocycles. The number of aryl methyl sites for hydroxylation is 2. The van der Waals surface area contributed by atoms with Gasteiger partial charge < -0.3 is 10.4 Å². The lowest BCUT2D eigenvalue weighted by molar-refractivity contribution is -0.116. The number of carbonyl (C=O) groups is 1. The summed E-state index contributed by atoms with van der Waals surface area (Å²) in [5.41, 5.74) is 3.42. The lowest BCUT2D eigenvalue weighted by Gasteiger charge is -2.13. The minimum atomic E-state index is -0.326. The van der Waals surface area contributed by atoms with Crippen molar-refractivity contribution in [1.29, 1.82) is 0 Å². The average molecular weight is 275 g/mol. The number of benzene rings is 1. The molecule has 2 N–H and O–H groups in total. The highest BCUT2D eigenvalue weighted by molar-refractivity contribution is 5.91.